The molecule has 0 amide bonds. The highest BCUT2D eigenvalue weighted by molar-refractivity contribution is 7.11. The van der Waals surface area contributed by atoms with E-state index >= 15 is 0 Å². The van der Waals surface area contributed by atoms with E-state index in [0.29, 0.717) is 5.92 Å². The number of aliphatic hydroxyl groups excluding tert-OH is 1. The van der Waals surface area contributed by atoms with Crippen molar-refractivity contribution < 1.29 is 5.11 Å². The molecule has 3 heteroatoms. The minimum absolute atomic E-state index is 0.409. The molecule has 1 heterocycles. The Morgan fingerprint density at radius 3 is 2.86 bits per heavy atom. The van der Waals surface area contributed by atoms with Crippen molar-refractivity contribution in [1.82, 2.24) is 4.98 Å². The zero-order valence-electron chi connectivity index (χ0n) is 8.95. The lowest BCUT2D eigenvalue weighted by atomic mass is 9.86. The predicted octanol–water partition coefficient (Wildman–Crippen LogP) is 2.88. The van der Waals surface area contributed by atoms with Gasteiger partial charge in [0.05, 0.1) is 5.69 Å². The largest absolute Gasteiger partial charge is 0.386 e. The van der Waals surface area contributed by atoms with Crippen LogP contribution in [0.1, 0.15) is 54.8 Å². The first-order valence-corrected chi connectivity index (χ1v) is 6.07. The van der Waals surface area contributed by atoms with Gasteiger partial charge in [0.2, 0.25) is 0 Å². The molecule has 2 rings (SSSR count). The first kappa shape index (κ1) is 10.1. The van der Waals surface area contributed by atoms with Crippen molar-refractivity contribution in [2.24, 2.45) is 5.92 Å². The fourth-order valence-corrected chi connectivity index (χ4v) is 3.31. The molecule has 0 radical (unpaired) electrons. The zero-order chi connectivity index (χ0) is 10.3. The van der Waals surface area contributed by atoms with E-state index in [0.717, 1.165) is 17.3 Å². The van der Waals surface area contributed by atoms with Crippen LogP contribution >= 0.6 is 11.3 Å². The van der Waals surface area contributed by atoms with Gasteiger partial charge in [0.15, 0.2) is 0 Å². The van der Waals surface area contributed by atoms with E-state index < -0.39 is 6.10 Å². The molecule has 14 heavy (non-hydrogen) atoms. The Morgan fingerprint density at radius 1 is 1.50 bits per heavy atom. The van der Waals surface area contributed by atoms with E-state index in [1.165, 1.54) is 17.0 Å². The summed E-state index contributed by atoms with van der Waals surface area (Å²) in [6.07, 6.45) is 1.94. The van der Waals surface area contributed by atoms with Gasteiger partial charge in [0.25, 0.3) is 0 Å². The monoisotopic (exact) mass is 211 g/mol. The van der Waals surface area contributed by atoms with E-state index in [1.54, 1.807) is 18.3 Å². The molecule has 1 N–H and O–H groups in total. The number of thiazole rings is 1. The standard InChI is InChI=1S/C11H17NOS/c1-6-4-7(2)10-9(5-6)12-11(14-10)8(3)13/h6-8,13H,4-5H2,1-3H3. The molecule has 3 atom stereocenters. The van der Waals surface area contributed by atoms with Crippen molar-refractivity contribution in [3.05, 3.63) is 15.6 Å². The Labute approximate surface area is 89.0 Å². The molecule has 1 aromatic rings. The minimum Gasteiger partial charge on any atom is -0.386 e. The van der Waals surface area contributed by atoms with Gasteiger partial charge in [-0.1, -0.05) is 13.8 Å². The van der Waals surface area contributed by atoms with E-state index in [1.807, 2.05) is 0 Å². The summed E-state index contributed by atoms with van der Waals surface area (Å²) in [5, 5.41) is 10.4. The number of aliphatic hydroxyl groups is 1. The first-order chi connectivity index (χ1) is 6.58. The van der Waals surface area contributed by atoms with Crippen LogP contribution in [0.5, 0.6) is 0 Å². The van der Waals surface area contributed by atoms with Gasteiger partial charge in [-0.05, 0) is 31.6 Å². The Balaban J connectivity index is 2.35. The van der Waals surface area contributed by atoms with E-state index in [2.05, 4.69) is 18.8 Å². The second kappa shape index (κ2) is 3.63. The van der Waals surface area contributed by atoms with Crippen LogP contribution in [0, 0.1) is 5.92 Å². The third-order valence-electron chi connectivity index (χ3n) is 2.85. The lowest BCUT2D eigenvalue weighted by Gasteiger charge is -2.22. The number of aromatic nitrogens is 1. The summed E-state index contributed by atoms with van der Waals surface area (Å²) in [4.78, 5) is 5.92. The van der Waals surface area contributed by atoms with E-state index in [9.17, 15) is 5.11 Å². The fourth-order valence-electron chi connectivity index (χ4n) is 2.22. The Bertz CT molecular complexity index is 332. The first-order valence-electron chi connectivity index (χ1n) is 5.25. The number of hydrogen-bond donors (Lipinski definition) is 1. The summed E-state index contributed by atoms with van der Waals surface area (Å²) < 4.78 is 0. The van der Waals surface area contributed by atoms with Crippen molar-refractivity contribution >= 4 is 11.3 Å². The molecular formula is C11H17NOS. The Kier molecular flexibility index (Phi) is 2.62. The van der Waals surface area contributed by atoms with Crippen LogP contribution in [0.3, 0.4) is 0 Å². The average Bonchev–Trinajstić information content (AvgIpc) is 2.47. The van der Waals surface area contributed by atoms with Gasteiger partial charge < -0.3 is 5.11 Å². The van der Waals surface area contributed by atoms with Crippen molar-refractivity contribution in [3.8, 4) is 0 Å². The Hall–Kier alpha value is -0.410. The molecule has 0 fully saturated rings. The van der Waals surface area contributed by atoms with Crippen molar-refractivity contribution in [2.45, 2.75) is 45.6 Å². The second-order valence-corrected chi connectivity index (χ2v) is 5.55. The van der Waals surface area contributed by atoms with Gasteiger partial charge in [-0.15, -0.1) is 11.3 Å². The van der Waals surface area contributed by atoms with Crippen LogP contribution in [0.15, 0.2) is 0 Å². The summed E-state index contributed by atoms with van der Waals surface area (Å²) in [6.45, 7) is 6.33. The number of fused-ring (bicyclic) bond motifs is 1. The van der Waals surface area contributed by atoms with Crippen molar-refractivity contribution in [3.63, 3.8) is 0 Å². The third kappa shape index (κ3) is 1.71. The lowest BCUT2D eigenvalue weighted by molar-refractivity contribution is 0.198. The lowest BCUT2D eigenvalue weighted by Crippen LogP contribution is -2.13. The Morgan fingerprint density at radius 2 is 2.21 bits per heavy atom. The molecule has 0 aliphatic heterocycles. The molecule has 1 aliphatic rings. The van der Waals surface area contributed by atoms with Gasteiger partial charge in [-0.25, -0.2) is 4.98 Å². The second-order valence-electron chi connectivity index (χ2n) is 4.49. The van der Waals surface area contributed by atoms with Gasteiger partial charge in [-0.3, -0.25) is 0 Å². The van der Waals surface area contributed by atoms with Crippen molar-refractivity contribution in [1.29, 1.82) is 0 Å². The van der Waals surface area contributed by atoms with Crippen LogP contribution in [0.4, 0.5) is 0 Å². The molecule has 3 unspecified atom stereocenters. The molecule has 1 aromatic heterocycles. The van der Waals surface area contributed by atoms with Crippen LogP contribution < -0.4 is 0 Å². The quantitative estimate of drug-likeness (QED) is 0.775. The van der Waals surface area contributed by atoms with Gasteiger partial charge in [-0.2, -0.15) is 0 Å². The van der Waals surface area contributed by atoms with Crippen molar-refractivity contribution in [2.75, 3.05) is 0 Å². The molecule has 78 valence electrons. The molecular weight excluding hydrogens is 194 g/mol. The highest BCUT2D eigenvalue weighted by atomic mass is 32.1. The zero-order valence-corrected chi connectivity index (χ0v) is 9.77. The van der Waals surface area contributed by atoms with E-state index in [-0.39, 0.29) is 0 Å². The third-order valence-corrected chi connectivity index (χ3v) is 4.35. The summed E-state index contributed by atoms with van der Waals surface area (Å²) in [7, 11) is 0. The van der Waals surface area contributed by atoms with Gasteiger partial charge in [0, 0.05) is 4.88 Å². The summed E-state index contributed by atoms with van der Waals surface area (Å²) in [6, 6.07) is 0. The molecule has 0 saturated carbocycles. The van der Waals surface area contributed by atoms with E-state index in [4.69, 9.17) is 0 Å². The normalized spacial score (nSPS) is 28.6. The minimum atomic E-state index is -0.409. The number of rotatable bonds is 1. The maximum absolute atomic E-state index is 9.47. The number of hydrogen-bond acceptors (Lipinski definition) is 3. The van der Waals surface area contributed by atoms with Crippen LogP contribution in [0.2, 0.25) is 0 Å². The van der Waals surface area contributed by atoms with Crippen LogP contribution in [-0.4, -0.2) is 10.1 Å². The highest BCUT2D eigenvalue weighted by Gasteiger charge is 2.26. The van der Waals surface area contributed by atoms with Gasteiger partial charge >= 0.3 is 0 Å². The van der Waals surface area contributed by atoms with Gasteiger partial charge in [0.1, 0.15) is 11.1 Å². The smallest absolute Gasteiger partial charge is 0.121 e. The fraction of sp³-hybridized carbons (Fsp3) is 0.727. The molecule has 0 bridgehead atoms. The maximum atomic E-state index is 9.47. The number of nitrogens with zero attached hydrogens (tertiary/aromatic N) is 1. The predicted molar refractivity (Wildman–Crippen MR) is 58.6 cm³/mol. The molecule has 0 aromatic carbocycles. The molecule has 0 spiro atoms. The molecule has 1 aliphatic carbocycles. The molecule has 0 saturated heterocycles. The topological polar surface area (TPSA) is 33.1 Å². The average molecular weight is 211 g/mol. The van der Waals surface area contributed by atoms with Crippen LogP contribution in [0.25, 0.3) is 0 Å². The summed E-state index contributed by atoms with van der Waals surface area (Å²) >= 11 is 1.69. The SMILES string of the molecule is CC1Cc2nc(C(C)O)sc2C(C)C1. The maximum Gasteiger partial charge on any atom is 0.121 e. The highest BCUT2D eigenvalue weighted by Crippen LogP contribution is 2.39. The molecule has 2 nitrogen and oxygen atoms in total. The summed E-state index contributed by atoms with van der Waals surface area (Å²) in [5.74, 6) is 1.36. The summed E-state index contributed by atoms with van der Waals surface area (Å²) in [5.41, 5.74) is 1.23. The van der Waals surface area contributed by atoms with Crippen LogP contribution in [-0.2, 0) is 6.42 Å².